The molecule has 0 saturated carbocycles. The maximum absolute atomic E-state index is 5.72. The van der Waals surface area contributed by atoms with Crippen molar-refractivity contribution in [2.24, 2.45) is 5.73 Å². The molecule has 96 valence electrons. The van der Waals surface area contributed by atoms with Crippen LogP contribution < -0.4 is 16.4 Å². The lowest BCUT2D eigenvalue weighted by Crippen LogP contribution is -2.44. The Bertz CT molecular complexity index is 329. The van der Waals surface area contributed by atoms with E-state index in [0.717, 1.165) is 38.3 Å². The summed E-state index contributed by atoms with van der Waals surface area (Å²) in [6.07, 6.45) is 5.32. The number of hydrogen-bond acceptors (Lipinski definition) is 4. The summed E-state index contributed by atoms with van der Waals surface area (Å²) in [4.78, 5) is 0. The van der Waals surface area contributed by atoms with Crippen molar-refractivity contribution >= 4 is 5.82 Å². The Morgan fingerprint density at radius 1 is 1.59 bits per heavy atom. The minimum Gasteiger partial charge on any atom is -0.370 e. The van der Waals surface area contributed by atoms with Crippen LogP contribution in [0.1, 0.15) is 32.2 Å². The Hall–Kier alpha value is -1.07. The van der Waals surface area contributed by atoms with Gasteiger partial charge in [-0.25, -0.2) is 4.68 Å². The molecule has 17 heavy (non-hydrogen) atoms. The third-order valence-corrected chi connectivity index (χ3v) is 3.17. The number of nitrogens with one attached hydrogen (secondary N) is 2. The summed E-state index contributed by atoms with van der Waals surface area (Å²) >= 11 is 0. The number of anilines is 1. The van der Waals surface area contributed by atoms with Crippen LogP contribution in [0.25, 0.3) is 0 Å². The highest BCUT2D eigenvalue weighted by Gasteiger charge is 2.21. The summed E-state index contributed by atoms with van der Waals surface area (Å²) in [7, 11) is 0. The highest BCUT2D eigenvalue weighted by atomic mass is 15.4. The number of hydrogen-bond donors (Lipinski definition) is 3. The molecule has 1 saturated heterocycles. The van der Waals surface area contributed by atoms with E-state index in [-0.39, 0.29) is 0 Å². The van der Waals surface area contributed by atoms with Crippen molar-refractivity contribution in [3.63, 3.8) is 0 Å². The van der Waals surface area contributed by atoms with Crippen LogP contribution in [0, 0.1) is 0 Å². The van der Waals surface area contributed by atoms with E-state index >= 15 is 0 Å². The van der Waals surface area contributed by atoms with E-state index in [2.05, 4.69) is 27.3 Å². The molecule has 0 amide bonds. The summed E-state index contributed by atoms with van der Waals surface area (Å²) < 4.78 is 2.09. The molecule has 1 aliphatic rings. The smallest absolute Gasteiger partial charge is 0.124 e. The van der Waals surface area contributed by atoms with Crippen molar-refractivity contribution in [1.29, 1.82) is 0 Å². The molecular formula is C12H23N5. The molecule has 5 heteroatoms. The Morgan fingerprint density at radius 2 is 2.41 bits per heavy atom. The molecule has 0 aliphatic carbocycles. The Balaban J connectivity index is 1.69. The Kier molecular flexibility index (Phi) is 4.39. The van der Waals surface area contributed by atoms with Gasteiger partial charge in [0.25, 0.3) is 0 Å². The lowest BCUT2D eigenvalue weighted by Gasteiger charge is -2.28. The van der Waals surface area contributed by atoms with Gasteiger partial charge in [0.2, 0.25) is 0 Å². The van der Waals surface area contributed by atoms with Crippen molar-refractivity contribution in [2.75, 3.05) is 25.0 Å². The summed E-state index contributed by atoms with van der Waals surface area (Å²) in [6.45, 7) is 5.12. The molecule has 1 atom stereocenters. The molecular weight excluding hydrogens is 214 g/mol. The normalized spacial score (nSPS) is 17.8. The first-order valence-corrected chi connectivity index (χ1v) is 6.51. The monoisotopic (exact) mass is 237 g/mol. The van der Waals surface area contributed by atoms with Crippen LogP contribution in [0.2, 0.25) is 0 Å². The molecule has 0 radical (unpaired) electrons. The van der Waals surface area contributed by atoms with Crippen LogP contribution in [0.4, 0.5) is 5.82 Å². The molecule has 0 aromatic carbocycles. The number of nitrogens with two attached hydrogens (primary N) is 1. The quantitative estimate of drug-likeness (QED) is 0.618. The van der Waals surface area contributed by atoms with E-state index in [4.69, 9.17) is 5.73 Å². The molecule has 1 aromatic rings. The Labute approximate surface area is 103 Å². The predicted octanol–water partition coefficient (Wildman–Crippen LogP) is 0.957. The molecule has 1 fully saturated rings. The molecule has 2 rings (SSSR count). The summed E-state index contributed by atoms with van der Waals surface area (Å²) in [5.74, 6) is 1.14. The maximum Gasteiger partial charge on any atom is 0.124 e. The summed E-state index contributed by atoms with van der Waals surface area (Å²) in [5.41, 5.74) is 5.72. The summed E-state index contributed by atoms with van der Waals surface area (Å²) in [6, 6.07) is 2.89. The van der Waals surface area contributed by atoms with Crippen LogP contribution in [-0.4, -0.2) is 35.5 Å². The second kappa shape index (κ2) is 6.02. The SMILES string of the molecule is CC(N)CCCCNc1ccnn1C1CNC1. The zero-order chi connectivity index (χ0) is 12.1. The van der Waals surface area contributed by atoms with Gasteiger partial charge in [-0.1, -0.05) is 6.42 Å². The molecule has 0 bridgehead atoms. The number of rotatable bonds is 7. The third kappa shape index (κ3) is 3.44. The third-order valence-electron chi connectivity index (χ3n) is 3.17. The van der Waals surface area contributed by atoms with Gasteiger partial charge < -0.3 is 16.4 Å². The van der Waals surface area contributed by atoms with E-state index in [9.17, 15) is 0 Å². The zero-order valence-corrected chi connectivity index (χ0v) is 10.5. The van der Waals surface area contributed by atoms with Crippen molar-refractivity contribution < 1.29 is 0 Å². The fourth-order valence-corrected chi connectivity index (χ4v) is 2.00. The number of aromatic nitrogens is 2. The van der Waals surface area contributed by atoms with Gasteiger partial charge in [0, 0.05) is 31.7 Å². The fraction of sp³-hybridized carbons (Fsp3) is 0.750. The van der Waals surface area contributed by atoms with Crippen molar-refractivity contribution in [1.82, 2.24) is 15.1 Å². The average Bonchev–Trinajstić information content (AvgIpc) is 2.63. The van der Waals surface area contributed by atoms with E-state index in [1.54, 1.807) is 0 Å². The van der Waals surface area contributed by atoms with Gasteiger partial charge in [0.05, 0.1) is 12.2 Å². The standard InChI is InChI=1S/C12H23N5/c1-10(13)4-2-3-6-15-12-5-7-16-17(12)11-8-14-9-11/h5,7,10-11,14-15H,2-4,6,8-9,13H2,1H3. The van der Waals surface area contributed by atoms with Crippen LogP contribution >= 0.6 is 0 Å². The molecule has 2 heterocycles. The van der Waals surface area contributed by atoms with Gasteiger partial charge >= 0.3 is 0 Å². The van der Waals surface area contributed by atoms with Gasteiger partial charge in [-0.3, -0.25) is 0 Å². The van der Waals surface area contributed by atoms with Gasteiger partial charge in [-0.15, -0.1) is 0 Å². The molecule has 1 aromatic heterocycles. The molecule has 1 aliphatic heterocycles. The second-order valence-electron chi connectivity index (χ2n) is 4.87. The average molecular weight is 237 g/mol. The van der Waals surface area contributed by atoms with Crippen LogP contribution in [0.3, 0.4) is 0 Å². The minimum atomic E-state index is 0.321. The number of unbranched alkanes of at least 4 members (excludes halogenated alkanes) is 1. The second-order valence-corrected chi connectivity index (χ2v) is 4.87. The lowest BCUT2D eigenvalue weighted by atomic mass is 10.1. The van der Waals surface area contributed by atoms with E-state index in [0.29, 0.717) is 12.1 Å². The zero-order valence-electron chi connectivity index (χ0n) is 10.5. The predicted molar refractivity (Wildman–Crippen MR) is 70.1 cm³/mol. The van der Waals surface area contributed by atoms with E-state index in [1.807, 2.05) is 12.3 Å². The first-order chi connectivity index (χ1) is 8.27. The molecule has 4 N–H and O–H groups in total. The van der Waals surface area contributed by atoms with Gasteiger partial charge in [0.1, 0.15) is 5.82 Å². The van der Waals surface area contributed by atoms with Crippen LogP contribution in [0.5, 0.6) is 0 Å². The van der Waals surface area contributed by atoms with Crippen LogP contribution in [-0.2, 0) is 0 Å². The van der Waals surface area contributed by atoms with E-state index < -0.39 is 0 Å². The fourth-order valence-electron chi connectivity index (χ4n) is 2.00. The van der Waals surface area contributed by atoms with Gasteiger partial charge in [-0.2, -0.15) is 5.10 Å². The van der Waals surface area contributed by atoms with Crippen molar-refractivity contribution in [2.45, 2.75) is 38.3 Å². The highest BCUT2D eigenvalue weighted by molar-refractivity contribution is 5.34. The van der Waals surface area contributed by atoms with E-state index in [1.165, 1.54) is 6.42 Å². The molecule has 1 unspecified atom stereocenters. The first kappa shape index (κ1) is 12.4. The van der Waals surface area contributed by atoms with Crippen LogP contribution in [0.15, 0.2) is 12.3 Å². The number of nitrogens with zero attached hydrogens (tertiary/aromatic N) is 2. The largest absolute Gasteiger partial charge is 0.370 e. The maximum atomic E-state index is 5.72. The Morgan fingerprint density at radius 3 is 3.06 bits per heavy atom. The van der Waals surface area contributed by atoms with Crippen molar-refractivity contribution in [3.05, 3.63) is 12.3 Å². The molecule has 5 nitrogen and oxygen atoms in total. The molecule has 0 spiro atoms. The van der Waals surface area contributed by atoms with Crippen molar-refractivity contribution in [3.8, 4) is 0 Å². The topological polar surface area (TPSA) is 67.9 Å². The minimum absolute atomic E-state index is 0.321. The van der Waals surface area contributed by atoms with Gasteiger partial charge in [-0.05, 0) is 19.8 Å². The van der Waals surface area contributed by atoms with Gasteiger partial charge in [0.15, 0.2) is 0 Å². The lowest BCUT2D eigenvalue weighted by molar-refractivity contribution is 0.321. The first-order valence-electron chi connectivity index (χ1n) is 6.51. The summed E-state index contributed by atoms with van der Waals surface area (Å²) in [5, 5.41) is 11.1. The highest BCUT2D eigenvalue weighted by Crippen LogP contribution is 2.17.